The van der Waals surface area contributed by atoms with Gasteiger partial charge in [0, 0.05) is 0 Å². The summed E-state index contributed by atoms with van der Waals surface area (Å²) < 4.78 is 0. The second kappa shape index (κ2) is 5.30. The molecular formula is C16H31N. The Morgan fingerprint density at radius 2 is 1.76 bits per heavy atom. The SMILES string of the molecule is CCNCC1CCC(C(C)(C)C)CC1C1CC1. The van der Waals surface area contributed by atoms with Crippen LogP contribution in [-0.2, 0) is 0 Å². The minimum absolute atomic E-state index is 0.524. The highest BCUT2D eigenvalue weighted by Gasteiger charge is 2.42. The van der Waals surface area contributed by atoms with E-state index in [9.17, 15) is 0 Å². The van der Waals surface area contributed by atoms with Crippen molar-refractivity contribution in [3.05, 3.63) is 0 Å². The summed E-state index contributed by atoms with van der Waals surface area (Å²) in [7, 11) is 0. The molecule has 0 spiro atoms. The first-order valence-corrected chi connectivity index (χ1v) is 7.73. The zero-order chi connectivity index (χ0) is 12.5. The van der Waals surface area contributed by atoms with Gasteiger partial charge in [-0.05, 0) is 74.3 Å². The van der Waals surface area contributed by atoms with E-state index in [0.717, 1.165) is 30.2 Å². The normalized spacial score (nSPS) is 34.9. The van der Waals surface area contributed by atoms with Crippen LogP contribution in [0.1, 0.15) is 59.8 Å². The Balaban J connectivity index is 1.93. The van der Waals surface area contributed by atoms with Crippen molar-refractivity contribution in [2.75, 3.05) is 13.1 Å². The Morgan fingerprint density at radius 1 is 1.06 bits per heavy atom. The van der Waals surface area contributed by atoms with E-state index in [1.807, 2.05) is 0 Å². The van der Waals surface area contributed by atoms with E-state index in [1.54, 1.807) is 0 Å². The van der Waals surface area contributed by atoms with Gasteiger partial charge >= 0.3 is 0 Å². The van der Waals surface area contributed by atoms with Crippen LogP contribution in [0.3, 0.4) is 0 Å². The molecule has 1 N–H and O–H groups in total. The number of hydrogen-bond acceptors (Lipinski definition) is 1. The fourth-order valence-electron chi connectivity index (χ4n) is 3.74. The molecule has 2 aliphatic carbocycles. The van der Waals surface area contributed by atoms with Gasteiger partial charge in [-0.2, -0.15) is 0 Å². The maximum absolute atomic E-state index is 3.58. The summed E-state index contributed by atoms with van der Waals surface area (Å²) in [5.41, 5.74) is 0.524. The van der Waals surface area contributed by atoms with Crippen molar-refractivity contribution < 1.29 is 0 Å². The first-order chi connectivity index (χ1) is 8.02. The summed E-state index contributed by atoms with van der Waals surface area (Å²) in [5, 5.41) is 3.58. The first kappa shape index (κ1) is 13.4. The molecule has 2 saturated carbocycles. The van der Waals surface area contributed by atoms with E-state index in [1.165, 1.54) is 38.6 Å². The molecule has 17 heavy (non-hydrogen) atoms. The van der Waals surface area contributed by atoms with E-state index in [-0.39, 0.29) is 0 Å². The Labute approximate surface area is 108 Å². The molecule has 0 amide bonds. The molecule has 3 atom stereocenters. The van der Waals surface area contributed by atoms with Gasteiger partial charge in [0.15, 0.2) is 0 Å². The van der Waals surface area contributed by atoms with Gasteiger partial charge in [0.25, 0.3) is 0 Å². The first-order valence-electron chi connectivity index (χ1n) is 7.73. The van der Waals surface area contributed by atoms with E-state index >= 15 is 0 Å². The van der Waals surface area contributed by atoms with E-state index < -0.39 is 0 Å². The fraction of sp³-hybridized carbons (Fsp3) is 1.00. The molecule has 0 aromatic heterocycles. The van der Waals surface area contributed by atoms with Crippen LogP contribution in [0.4, 0.5) is 0 Å². The Kier molecular flexibility index (Phi) is 4.18. The summed E-state index contributed by atoms with van der Waals surface area (Å²) in [6, 6.07) is 0. The van der Waals surface area contributed by atoms with Crippen LogP contribution >= 0.6 is 0 Å². The highest BCUT2D eigenvalue weighted by atomic mass is 14.8. The van der Waals surface area contributed by atoms with E-state index in [4.69, 9.17) is 0 Å². The lowest BCUT2D eigenvalue weighted by molar-refractivity contribution is 0.0860. The number of nitrogens with one attached hydrogen (secondary N) is 1. The minimum atomic E-state index is 0.524. The average Bonchev–Trinajstić information content (AvgIpc) is 3.08. The topological polar surface area (TPSA) is 12.0 Å². The van der Waals surface area contributed by atoms with Gasteiger partial charge in [0.2, 0.25) is 0 Å². The zero-order valence-corrected chi connectivity index (χ0v) is 12.3. The van der Waals surface area contributed by atoms with Crippen LogP contribution in [0.2, 0.25) is 0 Å². The van der Waals surface area contributed by atoms with Crippen molar-refractivity contribution in [1.29, 1.82) is 0 Å². The predicted octanol–water partition coefficient (Wildman–Crippen LogP) is 4.08. The van der Waals surface area contributed by atoms with Crippen molar-refractivity contribution >= 4 is 0 Å². The van der Waals surface area contributed by atoms with Gasteiger partial charge < -0.3 is 5.32 Å². The Morgan fingerprint density at radius 3 is 2.29 bits per heavy atom. The van der Waals surface area contributed by atoms with E-state index in [2.05, 4.69) is 33.0 Å². The zero-order valence-electron chi connectivity index (χ0n) is 12.3. The van der Waals surface area contributed by atoms with Crippen LogP contribution in [-0.4, -0.2) is 13.1 Å². The van der Waals surface area contributed by atoms with E-state index in [0.29, 0.717) is 5.41 Å². The number of rotatable bonds is 4. The molecule has 0 bridgehead atoms. The van der Waals surface area contributed by atoms with Crippen molar-refractivity contribution in [3.63, 3.8) is 0 Å². The smallest absolute Gasteiger partial charge is 0.00179 e. The lowest BCUT2D eigenvalue weighted by Crippen LogP contribution is -2.37. The molecule has 0 radical (unpaired) electrons. The van der Waals surface area contributed by atoms with Crippen LogP contribution < -0.4 is 5.32 Å². The molecule has 1 nitrogen and oxygen atoms in total. The van der Waals surface area contributed by atoms with Gasteiger partial charge in [-0.3, -0.25) is 0 Å². The molecule has 0 aromatic carbocycles. The molecule has 100 valence electrons. The summed E-state index contributed by atoms with van der Waals surface area (Å²) in [4.78, 5) is 0. The molecule has 2 rings (SSSR count). The third-order valence-corrected chi connectivity index (χ3v) is 5.16. The standard InChI is InChI=1S/C16H31N/c1-5-17-11-13-8-9-14(16(2,3)4)10-15(13)12-6-7-12/h12-15,17H,5-11H2,1-4H3. The highest BCUT2D eigenvalue weighted by Crippen LogP contribution is 2.51. The fourth-order valence-corrected chi connectivity index (χ4v) is 3.74. The number of hydrogen-bond donors (Lipinski definition) is 1. The largest absolute Gasteiger partial charge is 0.317 e. The van der Waals surface area contributed by atoms with Crippen molar-refractivity contribution in [2.45, 2.75) is 59.8 Å². The maximum Gasteiger partial charge on any atom is -0.00179 e. The molecule has 3 unspecified atom stereocenters. The van der Waals surface area contributed by atoms with Gasteiger partial charge in [-0.1, -0.05) is 27.7 Å². The molecule has 0 aromatic rings. The highest BCUT2D eigenvalue weighted by molar-refractivity contribution is 4.93. The molecule has 0 saturated heterocycles. The van der Waals surface area contributed by atoms with Gasteiger partial charge in [0.1, 0.15) is 0 Å². The second-order valence-corrected chi connectivity index (χ2v) is 7.45. The summed E-state index contributed by atoms with van der Waals surface area (Å²) in [6.07, 6.45) is 7.47. The average molecular weight is 237 g/mol. The predicted molar refractivity (Wildman–Crippen MR) is 75.0 cm³/mol. The third kappa shape index (κ3) is 3.47. The molecule has 1 heteroatoms. The Hall–Kier alpha value is -0.0400. The van der Waals surface area contributed by atoms with Crippen molar-refractivity contribution in [1.82, 2.24) is 5.32 Å². The lowest BCUT2D eigenvalue weighted by atomic mass is 9.64. The maximum atomic E-state index is 3.58. The molecule has 2 aliphatic rings. The van der Waals surface area contributed by atoms with Crippen LogP contribution in [0, 0.1) is 29.1 Å². The quantitative estimate of drug-likeness (QED) is 0.776. The minimum Gasteiger partial charge on any atom is -0.317 e. The Bertz CT molecular complexity index is 236. The molecular weight excluding hydrogens is 206 g/mol. The van der Waals surface area contributed by atoms with Crippen LogP contribution in [0.5, 0.6) is 0 Å². The van der Waals surface area contributed by atoms with Crippen LogP contribution in [0.25, 0.3) is 0 Å². The van der Waals surface area contributed by atoms with Gasteiger partial charge in [-0.15, -0.1) is 0 Å². The second-order valence-electron chi connectivity index (χ2n) is 7.45. The summed E-state index contributed by atoms with van der Waals surface area (Å²) >= 11 is 0. The summed E-state index contributed by atoms with van der Waals surface area (Å²) in [6.45, 7) is 11.9. The van der Waals surface area contributed by atoms with Crippen molar-refractivity contribution in [3.8, 4) is 0 Å². The van der Waals surface area contributed by atoms with Gasteiger partial charge in [-0.25, -0.2) is 0 Å². The molecule has 0 aliphatic heterocycles. The molecule has 2 fully saturated rings. The van der Waals surface area contributed by atoms with Gasteiger partial charge in [0.05, 0.1) is 0 Å². The third-order valence-electron chi connectivity index (χ3n) is 5.16. The monoisotopic (exact) mass is 237 g/mol. The molecule has 0 heterocycles. The van der Waals surface area contributed by atoms with Crippen molar-refractivity contribution in [2.24, 2.45) is 29.1 Å². The summed E-state index contributed by atoms with van der Waals surface area (Å²) in [5.74, 6) is 4.06. The lowest BCUT2D eigenvalue weighted by Gasteiger charge is -2.42. The van der Waals surface area contributed by atoms with Crippen LogP contribution in [0.15, 0.2) is 0 Å².